The zero-order valence-corrected chi connectivity index (χ0v) is 22.5. The fourth-order valence-corrected chi connectivity index (χ4v) is 5.50. The molecule has 2 aromatic carbocycles. The minimum absolute atomic E-state index is 0.0119. The monoisotopic (exact) mass is 635 g/mol. The summed E-state index contributed by atoms with van der Waals surface area (Å²) in [4.78, 5) is 12.3. The summed E-state index contributed by atoms with van der Waals surface area (Å²) in [5.41, 5.74) is -6.96. The van der Waals surface area contributed by atoms with Gasteiger partial charge in [-0.3, -0.25) is 4.79 Å². The van der Waals surface area contributed by atoms with Gasteiger partial charge in [-0.15, -0.1) is 0 Å². The molecule has 0 radical (unpaired) electrons. The van der Waals surface area contributed by atoms with Crippen LogP contribution in [0.25, 0.3) is 0 Å². The molecule has 244 valence electrons. The first-order chi connectivity index (χ1) is 19.9. The Balaban J connectivity index is 1.89. The van der Waals surface area contributed by atoms with Crippen LogP contribution in [0.2, 0.25) is 0 Å². The van der Waals surface area contributed by atoms with E-state index >= 15 is 0 Å². The Hall–Kier alpha value is -3.77. The summed E-state index contributed by atoms with van der Waals surface area (Å²) in [5, 5.41) is 170. The minimum atomic E-state index is -5.17. The lowest BCUT2D eigenvalue weighted by atomic mass is 9.65. The van der Waals surface area contributed by atoms with Crippen molar-refractivity contribution in [3.8, 4) is 40.2 Å². The maximum Gasteiger partial charge on any atom is 0.290 e. The number of ether oxygens (including phenoxy) is 2. The third-order valence-electron chi connectivity index (χ3n) is 8.12. The van der Waals surface area contributed by atoms with Crippen molar-refractivity contribution in [2.75, 3.05) is 14.2 Å². The Morgan fingerprint density at radius 1 is 0.750 bits per heavy atom. The number of aliphatic hydroxyl groups is 11. The molecule has 20 nitrogen and oxygen atoms in total. The molecule has 0 aromatic heterocycles. The number of hydrogen-bond acceptors (Lipinski definition) is 20. The predicted molar refractivity (Wildman–Crippen MR) is 132 cm³/mol. The van der Waals surface area contributed by atoms with E-state index in [1.54, 1.807) is 0 Å². The van der Waals surface area contributed by atoms with Gasteiger partial charge in [0.1, 0.15) is 0 Å². The molecule has 1 unspecified atom stereocenters. The molecule has 2 aromatic rings. The van der Waals surface area contributed by atoms with Crippen LogP contribution in [-0.2, 0) is 13.0 Å². The molecule has 44 heavy (non-hydrogen) atoms. The van der Waals surface area contributed by atoms with Crippen LogP contribution in [0.3, 0.4) is 0 Å². The number of hydrogen-bond donors (Lipinski definition) is 16. The van der Waals surface area contributed by atoms with Gasteiger partial charge in [-0.1, -0.05) is 0 Å². The van der Waals surface area contributed by atoms with E-state index in [1.807, 2.05) is 0 Å². The smallest absolute Gasteiger partial charge is 0.290 e. The van der Waals surface area contributed by atoms with Gasteiger partial charge >= 0.3 is 0 Å². The average molecular weight is 635 g/mol. The van der Waals surface area contributed by atoms with Crippen molar-refractivity contribution in [2.24, 2.45) is 5.92 Å². The van der Waals surface area contributed by atoms with Crippen LogP contribution in [0.15, 0.2) is 12.1 Å². The zero-order valence-electron chi connectivity index (χ0n) is 22.5. The fourth-order valence-electron chi connectivity index (χ4n) is 5.50. The summed E-state index contributed by atoms with van der Waals surface area (Å²) in [6.07, 6.45) is -0.860. The molecule has 1 atom stereocenters. The number of Topliss-reactive ketones (excluding diaryl/α,β-unsaturated/α-hetero) is 1. The molecule has 1 saturated heterocycles. The second-order valence-corrected chi connectivity index (χ2v) is 10.3. The van der Waals surface area contributed by atoms with Crippen LogP contribution in [0.5, 0.6) is 40.2 Å². The number of rotatable bonds is 6. The van der Waals surface area contributed by atoms with Gasteiger partial charge in [-0.25, -0.2) is 0 Å². The van der Waals surface area contributed by atoms with Gasteiger partial charge in [0.15, 0.2) is 28.8 Å². The largest absolute Gasteiger partial charge is 0.504 e. The van der Waals surface area contributed by atoms with Gasteiger partial charge in [0.2, 0.25) is 28.6 Å². The maximum absolute atomic E-state index is 13.3. The van der Waals surface area contributed by atoms with Gasteiger partial charge < -0.3 is 91.2 Å². The predicted octanol–water partition coefficient (Wildman–Crippen LogP) is -5.85. The highest BCUT2D eigenvalue weighted by Gasteiger charge is 2.90. The molecule has 20 heteroatoms. The third kappa shape index (κ3) is 3.73. The summed E-state index contributed by atoms with van der Waals surface area (Å²) in [6.45, 7) is -1.95. The Morgan fingerprint density at radius 2 is 1.16 bits per heavy atom. The number of methoxy groups -OCH3 is 2. The van der Waals surface area contributed by atoms with Gasteiger partial charge in [0, 0.05) is 12.1 Å². The Labute approximate surface area is 244 Å². The molecule has 1 aliphatic heterocycles. The van der Waals surface area contributed by atoms with Crippen molar-refractivity contribution >= 4 is 5.78 Å². The van der Waals surface area contributed by atoms with E-state index in [4.69, 9.17) is 9.47 Å². The van der Waals surface area contributed by atoms with Crippen LogP contribution in [0, 0.1) is 5.92 Å². The first kappa shape index (κ1) is 33.1. The minimum Gasteiger partial charge on any atom is -0.504 e. The summed E-state index contributed by atoms with van der Waals surface area (Å²) in [7, 11) is 2.39. The number of phenols is 5. The highest BCUT2D eigenvalue weighted by Crippen LogP contribution is 2.58. The molecule has 16 N–H and O–H groups in total. The van der Waals surface area contributed by atoms with Crippen LogP contribution in [0.1, 0.15) is 21.5 Å². The van der Waals surface area contributed by atoms with Gasteiger partial charge in [0.25, 0.3) is 23.4 Å². The molecule has 1 heterocycles. The highest BCUT2D eigenvalue weighted by molar-refractivity contribution is 6.03. The Kier molecular flexibility index (Phi) is 7.24. The van der Waals surface area contributed by atoms with E-state index in [0.717, 1.165) is 12.1 Å². The van der Waals surface area contributed by atoms with E-state index in [2.05, 4.69) is 0 Å². The number of piperidine rings is 1. The molecule has 4 rings (SSSR count). The molecule has 0 spiro atoms. The normalized spacial score (nSPS) is 23.3. The number of nitrogens with zero attached hydrogens (tertiary/aromatic N) is 1. The number of ketones is 1. The van der Waals surface area contributed by atoms with Crippen LogP contribution in [-0.4, -0.2) is 141 Å². The summed E-state index contributed by atoms with van der Waals surface area (Å²) < 4.78 is 10.1. The second kappa shape index (κ2) is 9.61. The molecular weight excluding hydrogens is 606 g/mol. The molecule has 1 fully saturated rings. The fraction of sp³-hybridized carbons (Fsp3) is 0.458. The second-order valence-electron chi connectivity index (χ2n) is 10.3. The topological polar surface area (TPSA) is 362 Å². The SMILES string of the molecule is COc1cc2c(cc1OC)C(=O)C(C(O)(O)C1(O)C(O)(O)C(O)(O)N(Cc3c(O)c(O)c(O)c(O)c3O)C(O)(O)C1(O)O)C2. The van der Waals surface area contributed by atoms with Crippen molar-refractivity contribution in [3.63, 3.8) is 0 Å². The quantitative estimate of drug-likeness (QED) is 0.0798. The zero-order chi connectivity index (χ0) is 33.7. The average Bonchev–Trinajstić information content (AvgIpc) is 3.28. The van der Waals surface area contributed by atoms with E-state index in [-0.39, 0.29) is 22.6 Å². The lowest BCUT2D eigenvalue weighted by molar-refractivity contribution is -0.620. The third-order valence-corrected chi connectivity index (χ3v) is 8.12. The van der Waals surface area contributed by atoms with E-state index < -0.39 is 98.7 Å². The van der Waals surface area contributed by atoms with Gasteiger partial charge in [-0.05, 0) is 24.1 Å². The number of fused-ring (bicyclic) bond motifs is 1. The summed E-state index contributed by atoms with van der Waals surface area (Å²) in [6, 6.07) is 2.21. The molecule has 1 aliphatic carbocycles. The van der Waals surface area contributed by atoms with Crippen molar-refractivity contribution < 1.29 is 96.0 Å². The Bertz CT molecular complexity index is 1470. The van der Waals surface area contributed by atoms with Crippen molar-refractivity contribution in [1.82, 2.24) is 4.90 Å². The first-order valence-electron chi connectivity index (χ1n) is 12.1. The highest BCUT2D eigenvalue weighted by atomic mass is 16.7. The molecule has 0 saturated carbocycles. The van der Waals surface area contributed by atoms with E-state index in [1.165, 1.54) is 14.2 Å². The standard InChI is InChI=1S/C24H29NO19/c1-43-11-4-7-3-10(13(26)8(7)5-12(11)44-2)19(32,33)20(34)21(35,36)23(39,40)25(24(41,42)22(20,37)38)6-9-14(27)16(29)18(31)17(30)15(9)28/h4-5,10,27-42H,3,6H2,1-2H3. The Morgan fingerprint density at radius 3 is 1.59 bits per heavy atom. The number of aromatic hydroxyl groups is 5. The van der Waals surface area contributed by atoms with Crippen molar-refractivity contribution in [2.45, 2.75) is 47.8 Å². The van der Waals surface area contributed by atoms with Gasteiger partial charge in [-0.2, -0.15) is 4.90 Å². The van der Waals surface area contributed by atoms with Crippen LogP contribution < -0.4 is 9.47 Å². The summed E-state index contributed by atoms with van der Waals surface area (Å²) in [5.74, 6) is -36.7. The van der Waals surface area contributed by atoms with Gasteiger partial charge in [0.05, 0.1) is 25.7 Å². The maximum atomic E-state index is 13.3. The molecule has 2 aliphatic rings. The number of carbonyl (C=O) groups excluding carboxylic acids is 1. The lowest BCUT2D eigenvalue weighted by Gasteiger charge is -2.65. The number of carbonyl (C=O) groups is 1. The number of phenolic OH excluding ortho intramolecular Hbond substituents is 5. The van der Waals surface area contributed by atoms with Crippen molar-refractivity contribution in [1.29, 1.82) is 0 Å². The lowest BCUT2D eigenvalue weighted by Crippen LogP contribution is -2.97. The van der Waals surface area contributed by atoms with E-state index in [9.17, 15) is 86.5 Å². The molecular formula is C24H29NO19. The van der Waals surface area contributed by atoms with Crippen molar-refractivity contribution in [3.05, 3.63) is 28.8 Å². The number of likely N-dealkylation sites (tertiary alicyclic amines) is 1. The van der Waals surface area contributed by atoms with E-state index in [0.29, 0.717) is 0 Å². The summed E-state index contributed by atoms with van der Waals surface area (Å²) >= 11 is 0. The van der Waals surface area contributed by atoms with Crippen LogP contribution in [0.4, 0.5) is 0 Å². The first-order valence-corrected chi connectivity index (χ1v) is 12.1. The van der Waals surface area contributed by atoms with Crippen LogP contribution >= 0.6 is 0 Å². The molecule has 0 bridgehead atoms. The molecule has 0 amide bonds. The number of benzene rings is 2.